The van der Waals surface area contributed by atoms with Crippen LogP contribution < -0.4 is 16.6 Å². The SMILES string of the molecule is CCNC(C(=O)OCCOCn1cnc2c(=O)[nH]c(N)nc21)C(C)C. The summed E-state index contributed by atoms with van der Waals surface area (Å²) in [6.07, 6.45) is 1.44. The van der Waals surface area contributed by atoms with Gasteiger partial charge in [-0.3, -0.25) is 19.1 Å². The van der Waals surface area contributed by atoms with Crippen LogP contribution in [0.2, 0.25) is 0 Å². The van der Waals surface area contributed by atoms with Crippen molar-refractivity contribution < 1.29 is 14.3 Å². The second-order valence-electron chi connectivity index (χ2n) is 5.82. The molecule has 1 atom stereocenters. The van der Waals surface area contributed by atoms with Gasteiger partial charge in [-0.25, -0.2) is 4.98 Å². The Hall–Kier alpha value is -2.46. The summed E-state index contributed by atoms with van der Waals surface area (Å²) in [5.41, 5.74) is 5.65. The number of aromatic amines is 1. The van der Waals surface area contributed by atoms with Crippen LogP contribution >= 0.6 is 0 Å². The van der Waals surface area contributed by atoms with Gasteiger partial charge in [-0.05, 0) is 12.5 Å². The van der Waals surface area contributed by atoms with Gasteiger partial charge in [0, 0.05) is 0 Å². The Morgan fingerprint density at radius 2 is 2.20 bits per heavy atom. The Labute approximate surface area is 144 Å². The van der Waals surface area contributed by atoms with Crippen LogP contribution in [0.25, 0.3) is 11.2 Å². The molecule has 0 amide bonds. The molecule has 0 aliphatic rings. The molecule has 2 aromatic rings. The third-order valence-electron chi connectivity index (χ3n) is 3.54. The molecule has 10 heteroatoms. The summed E-state index contributed by atoms with van der Waals surface area (Å²) in [5, 5.41) is 3.10. The number of H-pyrrole nitrogens is 1. The summed E-state index contributed by atoms with van der Waals surface area (Å²) >= 11 is 0. The van der Waals surface area contributed by atoms with E-state index in [1.54, 1.807) is 4.57 Å². The first-order chi connectivity index (χ1) is 11.9. The smallest absolute Gasteiger partial charge is 0.323 e. The minimum absolute atomic E-state index is 0.0105. The highest BCUT2D eigenvalue weighted by atomic mass is 16.6. The predicted molar refractivity (Wildman–Crippen MR) is 91.8 cm³/mol. The molecule has 0 bridgehead atoms. The molecule has 0 aromatic carbocycles. The number of nitrogen functional groups attached to an aromatic ring is 1. The topological polar surface area (TPSA) is 137 Å². The van der Waals surface area contributed by atoms with Crippen LogP contribution in [0.5, 0.6) is 0 Å². The Bertz CT molecular complexity index is 769. The lowest BCUT2D eigenvalue weighted by atomic mass is 10.1. The van der Waals surface area contributed by atoms with Crippen molar-refractivity contribution in [1.29, 1.82) is 0 Å². The number of hydrogen-bond donors (Lipinski definition) is 3. The standard InChI is InChI=1S/C15H24N6O4/c1-4-17-10(9(2)3)14(23)25-6-5-24-8-21-7-18-11-12(21)19-15(16)20-13(11)22/h7,9-10,17H,4-6,8H2,1-3H3,(H3,16,19,20,22). The monoisotopic (exact) mass is 352 g/mol. The van der Waals surface area contributed by atoms with Crippen molar-refractivity contribution >= 4 is 23.1 Å². The van der Waals surface area contributed by atoms with E-state index < -0.39 is 5.56 Å². The molecule has 0 fully saturated rings. The molecule has 0 aliphatic heterocycles. The first-order valence-corrected chi connectivity index (χ1v) is 8.12. The van der Waals surface area contributed by atoms with Gasteiger partial charge in [-0.15, -0.1) is 0 Å². The summed E-state index contributed by atoms with van der Waals surface area (Å²) in [4.78, 5) is 34.1. The zero-order valence-corrected chi connectivity index (χ0v) is 14.6. The molecule has 4 N–H and O–H groups in total. The van der Waals surface area contributed by atoms with Gasteiger partial charge in [0.15, 0.2) is 11.2 Å². The molecule has 0 saturated carbocycles. The summed E-state index contributed by atoms with van der Waals surface area (Å²) < 4.78 is 12.2. The number of fused-ring (bicyclic) bond motifs is 1. The van der Waals surface area contributed by atoms with Crippen LogP contribution in [0.15, 0.2) is 11.1 Å². The number of likely N-dealkylation sites (N-methyl/N-ethyl adjacent to an activating group) is 1. The van der Waals surface area contributed by atoms with Gasteiger partial charge in [0.2, 0.25) is 5.95 Å². The maximum absolute atomic E-state index is 12.0. The fourth-order valence-corrected chi connectivity index (χ4v) is 2.33. The summed E-state index contributed by atoms with van der Waals surface area (Å²) in [6, 6.07) is -0.332. The number of carbonyl (C=O) groups excluding carboxylic acids is 1. The lowest BCUT2D eigenvalue weighted by Crippen LogP contribution is -2.42. The quantitative estimate of drug-likeness (QED) is 0.419. The first-order valence-electron chi connectivity index (χ1n) is 8.12. The number of rotatable bonds is 9. The number of imidazole rings is 1. The maximum atomic E-state index is 12.0. The zero-order chi connectivity index (χ0) is 18.4. The summed E-state index contributed by atoms with van der Waals surface area (Å²) in [5.74, 6) is -0.147. The van der Waals surface area contributed by atoms with Gasteiger partial charge in [-0.2, -0.15) is 4.98 Å². The van der Waals surface area contributed by atoms with Gasteiger partial charge >= 0.3 is 5.97 Å². The molecule has 0 radical (unpaired) electrons. The number of nitrogens with one attached hydrogen (secondary N) is 2. The van der Waals surface area contributed by atoms with E-state index in [1.165, 1.54) is 6.33 Å². The van der Waals surface area contributed by atoms with E-state index in [-0.39, 0.29) is 49.3 Å². The normalized spacial score (nSPS) is 12.6. The number of hydrogen-bond acceptors (Lipinski definition) is 8. The highest BCUT2D eigenvalue weighted by Crippen LogP contribution is 2.07. The van der Waals surface area contributed by atoms with Crippen molar-refractivity contribution in [3.8, 4) is 0 Å². The average Bonchev–Trinajstić information content (AvgIpc) is 2.95. The predicted octanol–water partition coefficient (Wildman–Crippen LogP) is -0.147. The lowest BCUT2D eigenvalue weighted by Gasteiger charge is -2.19. The Kier molecular flexibility index (Phi) is 6.48. The molecular weight excluding hydrogens is 328 g/mol. The molecule has 2 heterocycles. The molecule has 0 aliphatic carbocycles. The molecule has 2 aromatic heterocycles. The van der Waals surface area contributed by atoms with E-state index in [4.69, 9.17) is 15.2 Å². The Balaban J connectivity index is 1.82. The van der Waals surface area contributed by atoms with Crippen molar-refractivity contribution in [2.75, 3.05) is 25.5 Å². The summed E-state index contributed by atoms with van der Waals surface area (Å²) in [7, 11) is 0. The number of anilines is 1. The van der Waals surface area contributed by atoms with Crippen molar-refractivity contribution in [2.45, 2.75) is 33.5 Å². The molecule has 1 unspecified atom stereocenters. The van der Waals surface area contributed by atoms with Gasteiger partial charge < -0.3 is 20.5 Å². The minimum atomic E-state index is -0.404. The third kappa shape index (κ3) is 4.77. The van der Waals surface area contributed by atoms with E-state index in [1.807, 2.05) is 20.8 Å². The van der Waals surface area contributed by atoms with Gasteiger partial charge in [0.1, 0.15) is 19.4 Å². The molecular formula is C15H24N6O4. The van der Waals surface area contributed by atoms with Crippen LogP contribution in [0.4, 0.5) is 5.95 Å². The summed E-state index contributed by atoms with van der Waals surface area (Å²) in [6.45, 7) is 7.00. The Morgan fingerprint density at radius 1 is 1.44 bits per heavy atom. The molecule has 25 heavy (non-hydrogen) atoms. The number of carbonyl (C=O) groups is 1. The number of ether oxygens (including phenoxy) is 2. The number of nitrogens with zero attached hydrogens (tertiary/aromatic N) is 3. The third-order valence-corrected chi connectivity index (χ3v) is 3.54. The second-order valence-corrected chi connectivity index (χ2v) is 5.82. The molecule has 138 valence electrons. The van der Waals surface area contributed by atoms with Crippen LogP contribution in [-0.4, -0.2) is 51.3 Å². The van der Waals surface area contributed by atoms with Gasteiger partial charge in [0.05, 0.1) is 12.9 Å². The minimum Gasteiger partial charge on any atom is -0.462 e. The van der Waals surface area contributed by atoms with Crippen molar-refractivity contribution in [3.05, 3.63) is 16.7 Å². The first kappa shape index (κ1) is 18.9. The van der Waals surface area contributed by atoms with E-state index in [9.17, 15) is 9.59 Å². The fourth-order valence-electron chi connectivity index (χ4n) is 2.33. The van der Waals surface area contributed by atoms with Crippen LogP contribution in [0.3, 0.4) is 0 Å². The number of aromatic nitrogens is 4. The van der Waals surface area contributed by atoms with Crippen LogP contribution in [0.1, 0.15) is 20.8 Å². The maximum Gasteiger partial charge on any atom is 0.323 e. The molecule has 10 nitrogen and oxygen atoms in total. The highest BCUT2D eigenvalue weighted by molar-refractivity contribution is 5.76. The largest absolute Gasteiger partial charge is 0.462 e. The van der Waals surface area contributed by atoms with E-state index >= 15 is 0 Å². The van der Waals surface area contributed by atoms with E-state index in [0.29, 0.717) is 12.2 Å². The zero-order valence-electron chi connectivity index (χ0n) is 14.6. The average molecular weight is 352 g/mol. The van der Waals surface area contributed by atoms with E-state index in [0.717, 1.165) is 0 Å². The number of esters is 1. The van der Waals surface area contributed by atoms with Crippen molar-refractivity contribution in [2.24, 2.45) is 5.92 Å². The van der Waals surface area contributed by atoms with Crippen molar-refractivity contribution in [1.82, 2.24) is 24.8 Å². The molecule has 0 spiro atoms. The lowest BCUT2D eigenvalue weighted by molar-refractivity contribution is -0.149. The van der Waals surface area contributed by atoms with Crippen LogP contribution in [0, 0.1) is 5.92 Å². The van der Waals surface area contributed by atoms with Crippen LogP contribution in [-0.2, 0) is 21.0 Å². The molecule has 2 rings (SSSR count). The van der Waals surface area contributed by atoms with Crippen molar-refractivity contribution in [3.63, 3.8) is 0 Å². The second kappa shape index (κ2) is 8.58. The fraction of sp³-hybridized carbons (Fsp3) is 0.600. The highest BCUT2D eigenvalue weighted by Gasteiger charge is 2.22. The van der Waals surface area contributed by atoms with Gasteiger partial charge in [0.25, 0.3) is 5.56 Å². The Morgan fingerprint density at radius 3 is 2.88 bits per heavy atom. The van der Waals surface area contributed by atoms with E-state index in [2.05, 4.69) is 20.3 Å². The molecule has 0 saturated heterocycles. The van der Waals surface area contributed by atoms with Gasteiger partial charge in [-0.1, -0.05) is 20.8 Å². The number of nitrogens with two attached hydrogens (primary N) is 1.